The number of nitrogens with one attached hydrogen (secondary N) is 2. The highest BCUT2D eigenvalue weighted by Gasteiger charge is 2.14. The van der Waals surface area contributed by atoms with E-state index >= 15 is 0 Å². The monoisotopic (exact) mass is 335 g/mol. The zero-order valence-corrected chi connectivity index (χ0v) is 13.8. The number of amides is 1. The van der Waals surface area contributed by atoms with Crippen LogP contribution in [0.4, 0.5) is 11.5 Å². The highest BCUT2D eigenvalue weighted by atomic mass is 35.5. The Morgan fingerprint density at radius 1 is 1.17 bits per heavy atom. The Bertz CT molecular complexity index is 677. The molecule has 1 unspecified atom stereocenters. The van der Waals surface area contributed by atoms with Crippen molar-refractivity contribution < 1.29 is 14.3 Å². The molecule has 1 aromatic carbocycles. The minimum absolute atomic E-state index is 0.213. The maximum absolute atomic E-state index is 12.2. The number of aromatic nitrogens is 1. The van der Waals surface area contributed by atoms with E-state index in [0.717, 1.165) is 5.69 Å². The minimum atomic E-state index is -0.467. The first kappa shape index (κ1) is 16.9. The van der Waals surface area contributed by atoms with Crippen molar-refractivity contribution >= 4 is 29.0 Å². The van der Waals surface area contributed by atoms with Gasteiger partial charge in [-0.3, -0.25) is 4.79 Å². The average Bonchev–Trinajstić information content (AvgIpc) is 2.56. The zero-order chi connectivity index (χ0) is 16.8. The lowest BCUT2D eigenvalue weighted by Crippen LogP contribution is -2.32. The summed E-state index contributed by atoms with van der Waals surface area (Å²) in [5.41, 5.74) is 0.745. The number of methoxy groups -OCH3 is 2. The molecule has 0 bridgehead atoms. The van der Waals surface area contributed by atoms with Crippen LogP contribution in [0.15, 0.2) is 36.5 Å². The maximum atomic E-state index is 12.2. The molecule has 1 atom stereocenters. The van der Waals surface area contributed by atoms with Gasteiger partial charge < -0.3 is 20.1 Å². The van der Waals surface area contributed by atoms with E-state index in [-0.39, 0.29) is 5.91 Å². The molecular weight excluding hydrogens is 318 g/mol. The first-order valence-corrected chi connectivity index (χ1v) is 7.32. The fraction of sp³-hybridized carbons (Fsp3) is 0.250. The Kier molecular flexibility index (Phi) is 5.65. The Morgan fingerprint density at radius 2 is 1.91 bits per heavy atom. The Hall–Kier alpha value is -2.47. The second kappa shape index (κ2) is 7.69. The maximum Gasteiger partial charge on any atom is 0.247 e. The lowest BCUT2D eigenvalue weighted by Gasteiger charge is -2.16. The molecule has 23 heavy (non-hydrogen) atoms. The molecule has 0 aliphatic rings. The standard InChI is InChI=1S/C16H18ClN3O3/c1-10(16(21)20-15-7-4-11(17)9-18-15)19-12-5-6-13(22-2)14(8-12)23-3/h4-10,19H,1-3H3,(H,18,20,21). The largest absolute Gasteiger partial charge is 0.493 e. The smallest absolute Gasteiger partial charge is 0.247 e. The first-order valence-electron chi connectivity index (χ1n) is 6.94. The van der Waals surface area contributed by atoms with Crippen molar-refractivity contribution in [2.45, 2.75) is 13.0 Å². The molecule has 122 valence electrons. The number of hydrogen-bond donors (Lipinski definition) is 2. The van der Waals surface area contributed by atoms with Gasteiger partial charge in [0.2, 0.25) is 5.91 Å². The average molecular weight is 336 g/mol. The van der Waals surface area contributed by atoms with E-state index in [1.54, 1.807) is 45.4 Å². The Balaban J connectivity index is 2.01. The SMILES string of the molecule is COc1ccc(NC(C)C(=O)Nc2ccc(Cl)cn2)cc1OC. The molecule has 1 heterocycles. The van der Waals surface area contributed by atoms with Crippen molar-refractivity contribution in [1.29, 1.82) is 0 Å². The predicted molar refractivity (Wildman–Crippen MR) is 90.5 cm³/mol. The summed E-state index contributed by atoms with van der Waals surface area (Å²) in [4.78, 5) is 16.2. The van der Waals surface area contributed by atoms with Crippen molar-refractivity contribution in [2.24, 2.45) is 0 Å². The summed E-state index contributed by atoms with van der Waals surface area (Å²) in [6.45, 7) is 1.75. The molecule has 0 saturated heterocycles. The molecular formula is C16H18ClN3O3. The molecule has 0 spiro atoms. The van der Waals surface area contributed by atoms with E-state index in [1.165, 1.54) is 6.20 Å². The molecule has 0 fully saturated rings. The molecule has 2 aromatic rings. The van der Waals surface area contributed by atoms with Crippen LogP contribution in [-0.4, -0.2) is 31.2 Å². The highest BCUT2D eigenvalue weighted by Crippen LogP contribution is 2.30. The molecule has 0 aliphatic heterocycles. The molecule has 0 aliphatic carbocycles. The van der Waals surface area contributed by atoms with Crippen LogP contribution in [0, 0.1) is 0 Å². The fourth-order valence-electron chi connectivity index (χ4n) is 1.93. The van der Waals surface area contributed by atoms with Crippen molar-refractivity contribution in [3.05, 3.63) is 41.6 Å². The molecule has 2 rings (SSSR count). The lowest BCUT2D eigenvalue weighted by atomic mass is 10.2. The normalized spacial score (nSPS) is 11.5. The van der Waals surface area contributed by atoms with Crippen LogP contribution in [0.25, 0.3) is 0 Å². The quantitative estimate of drug-likeness (QED) is 0.848. The van der Waals surface area contributed by atoms with E-state index in [2.05, 4.69) is 15.6 Å². The van der Waals surface area contributed by atoms with Crippen molar-refractivity contribution in [1.82, 2.24) is 4.98 Å². The van der Waals surface area contributed by atoms with Gasteiger partial charge in [-0.25, -0.2) is 4.98 Å². The van der Waals surface area contributed by atoms with Gasteiger partial charge in [0.1, 0.15) is 11.9 Å². The third kappa shape index (κ3) is 4.50. The fourth-order valence-corrected chi connectivity index (χ4v) is 2.04. The molecule has 1 aromatic heterocycles. The van der Waals surface area contributed by atoms with Crippen LogP contribution in [-0.2, 0) is 4.79 Å². The first-order chi connectivity index (χ1) is 11.0. The Morgan fingerprint density at radius 3 is 2.52 bits per heavy atom. The van der Waals surface area contributed by atoms with E-state index in [0.29, 0.717) is 22.3 Å². The second-order valence-corrected chi connectivity index (χ2v) is 5.22. The minimum Gasteiger partial charge on any atom is -0.493 e. The number of carbonyl (C=O) groups is 1. The summed E-state index contributed by atoms with van der Waals surface area (Å²) >= 11 is 5.76. The molecule has 2 N–H and O–H groups in total. The van der Waals surface area contributed by atoms with Crippen molar-refractivity contribution in [3.63, 3.8) is 0 Å². The van der Waals surface area contributed by atoms with Gasteiger partial charge in [0.05, 0.1) is 19.2 Å². The third-order valence-electron chi connectivity index (χ3n) is 3.14. The number of carbonyl (C=O) groups excluding carboxylic acids is 1. The molecule has 0 saturated carbocycles. The lowest BCUT2D eigenvalue weighted by molar-refractivity contribution is -0.116. The number of nitrogens with zero attached hydrogens (tertiary/aromatic N) is 1. The number of rotatable bonds is 6. The Labute approximate surface area is 139 Å². The van der Waals surface area contributed by atoms with Gasteiger partial charge >= 0.3 is 0 Å². The number of hydrogen-bond acceptors (Lipinski definition) is 5. The summed E-state index contributed by atoms with van der Waals surface area (Å²) in [6.07, 6.45) is 1.48. The van der Waals surface area contributed by atoms with E-state index in [9.17, 15) is 4.79 Å². The summed E-state index contributed by atoms with van der Waals surface area (Å²) in [7, 11) is 3.13. The van der Waals surface area contributed by atoms with Crippen molar-refractivity contribution in [3.8, 4) is 11.5 Å². The van der Waals surface area contributed by atoms with Gasteiger partial charge in [0.25, 0.3) is 0 Å². The predicted octanol–water partition coefficient (Wildman–Crippen LogP) is 3.19. The number of pyridine rings is 1. The van der Waals surface area contributed by atoms with Gasteiger partial charge in [-0.15, -0.1) is 0 Å². The van der Waals surface area contributed by atoms with Gasteiger partial charge in [-0.05, 0) is 31.2 Å². The summed E-state index contributed by atoms with van der Waals surface area (Å²) in [5.74, 6) is 1.44. The van der Waals surface area contributed by atoms with E-state index in [1.807, 2.05) is 6.07 Å². The topological polar surface area (TPSA) is 72.5 Å². The highest BCUT2D eigenvalue weighted by molar-refractivity contribution is 6.30. The zero-order valence-electron chi connectivity index (χ0n) is 13.1. The van der Waals surface area contributed by atoms with Crippen LogP contribution in [0.1, 0.15) is 6.92 Å². The number of anilines is 2. The van der Waals surface area contributed by atoms with E-state index in [4.69, 9.17) is 21.1 Å². The summed E-state index contributed by atoms with van der Waals surface area (Å²) in [5, 5.41) is 6.32. The van der Waals surface area contributed by atoms with Crippen LogP contribution in [0.2, 0.25) is 5.02 Å². The molecule has 7 heteroatoms. The number of ether oxygens (including phenoxy) is 2. The van der Waals surface area contributed by atoms with Crippen LogP contribution in [0.3, 0.4) is 0 Å². The third-order valence-corrected chi connectivity index (χ3v) is 3.36. The van der Waals surface area contributed by atoms with Gasteiger partial charge in [0, 0.05) is 18.0 Å². The second-order valence-electron chi connectivity index (χ2n) is 4.79. The van der Waals surface area contributed by atoms with Crippen LogP contribution < -0.4 is 20.1 Å². The van der Waals surface area contributed by atoms with Crippen LogP contribution >= 0.6 is 11.6 Å². The van der Waals surface area contributed by atoms with Gasteiger partial charge in [-0.1, -0.05) is 11.6 Å². The van der Waals surface area contributed by atoms with Gasteiger partial charge in [-0.2, -0.15) is 0 Å². The summed E-state index contributed by atoms with van der Waals surface area (Å²) in [6, 6.07) is 8.19. The molecule has 1 amide bonds. The van der Waals surface area contributed by atoms with Gasteiger partial charge in [0.15, 0.2) is 11.5 Å². The van der Waals surface area contributed by atoms with Crippen molar-refractivity contribution in [2.75, 3.05) is 24.9 Å². The summed E-state index contributed by atoms with van der Waals surface area (Å²) < 4.78 is 10.4. The molecule has 6 nitrogen and oxygen atoms in total. The molecule has 0 radical (unpaired) electrons. The van der Waals surface area contributed by atoms with E-state index < -0.39 is 6.04 Å². The number of benzene rings is 1. The number of halogens is 1. The van der Waals surface area contributed by atoms with Crippen LogP contribution in [0.5, 0.6) is 11.5 Å².